The number of rotatable bonds is 5. The second-order valence-corrected chi connectivity index (χ2v) is 14.8. The molecule has 0 heterocycles. The molecule has 0 saturated heterocycles. The molecule has 234 valence electrons. The Balaban J connectivity index is 0.000000510. The normalized spacial score (nSPS) is 12.4. The lowest BCUT2D eigenvalue weighted by Gasteiger charge is -2.26. The summed E-state index contributed by atoms with van der Waals surface area (Å²) in [5.74, 6) is 0. The molecule has 0 bridgehead atoms. The lowest BCUT2D eigenvalue weighted by molar-refractivity contribution is -0.0517. The first kappa shape index (κ1) is 34.4. The molecule has 1 atom stereocenters. The third-order valence-corrected chi connectivity index (χ3v) is 10.5. The minimum Gasteiger partial charge on any atom is -0.741 e. The Morgan fingerprint density at radius 1 is 0.667 bits per heavy atom. The highest BCUT2D eigenvalue weighted by atomic mass is 32.2. The van der Waals surface area contributed by atoms with Gasteiger partial charge in [0.1, 0.15) is 6.26 Å². The van der Waals surface area contributed by atoms with E-state index in [1.54, 1.807) is 0 Å². The van der Waals surface area contributed by atoms with Gasteiger partial charge in [0.15, 0.2) is 19.9 Å². The van der Waals surface area contributed by atoms with Gasteiger partial charge in [-0.25, -0.2) is 8.42 Å². The third-order valence-electron chi connectivity index (χ3n) is 7.97. The standard InChI is InChI=1S/C35H36BS.CHF3O3S/c1-23-19-25(3)34(26(4)20-23)36(35-27(5)21-24(2)22-28(35)6)31-17-11-13-29-14-12-18-32(33(29)31)37(7)30-15-9-8-10-16-30;2-1(3,4)8(5,6)7/h8-22H,1-7H3;(H,5,6,7)/q+1;/p-1. The smallest absolute Gasteiger partial charge is 0.485 e. The van der Waals surface area contributed by atoms with Gasteiger partial charge in [-0.05, 0) is 65.1 Å². The van der Waals surface area contributed by atoms with Crippen molar-refractivity contribution in [3.63, 3.8) is 0 Å². The molecular weight excluding hydrogens is 612 g/mol. The summed E-state index contributed by atoms with van der Waals surface area (Å²) in [5.41, 5.74) is 6.79. The maximum Gasteiger partial charge on any atom is 0.485 e. The van der Waals surface area contributed by atoms with Crippen molar-refractivity contribution in [3.8, 4) is 0 Å². The summed E-state index contributed by atoms with van der Waals surface area (Å²) in [6, 6.07) is 34.2. The average Bonchev–Trinajstić information content (AvgIpc) is 2.94. The van der Waals surface area contributed by atoms with Gasteiger partial charge in [0, 0.05) is 5.39 Å². The molecule has 0 spiro atoms. The number of fused-ring (bicyclic) bond motifs is 1. The summed E-state index contributed by atoms with van der Waals surface area (Å²) < 4.78 is 58.9. The van der Waals surface area contributed by atoms with E-state index in [0.29, 0.717) is 0 Å². The number of halogens is 3. The quantitative estimate of drug-likeness (QED) is 0.0900. The number of alkyl halides is 3. The van der Waals surface area contributed by atoms with Crippen LogP contribution in [0, 0.1) is 41.5 Å². The zero-order chi connectivity index (χ0) is 33.3. The molecule has 0 saturated carbocycles. The van der Waals surface area contributed by atoms with Crippen molar-refractivity contribution in [2.75, 3.05) is 6.26 Å². The van der Waals surface area contributed by atoms with Crippen LogP contribution in [0.1, 0.15) is 33.4 Å². The van der Waals surface area contributed by atoms with Gasteiger partial charge < -0.3 is 4.55 Å². The molecule has 45 heavy (non-hydrogen) atoms. The Labute approximate surface area is 267 Å². The predicted octanol–water partition coefficient (Wildman–Crippen LogP) is 6.92. The summed E-state index contributed by atoms with van der Waals surface area (Å²) >= 11 is 0. The first-order valence-corrected chi connectivity index (χ1v) is 17.5. The van der Waals surface area contributed by atoms with Crippen LogP contribution in [-0.2, 0) is 21.0 Å². The van der Waals surface area contributed by atoms with Crippen LogP contribution in [0.25, 0.3) is 10.8 Å². The highest BCUT2D eigenvalue weighted by Crippen LogP contribution is 2.29. The van der Waals surface area contributed by atoms with Gasteiger partial charge in [-0.15, -0.1) is 0 Å². The van der Waals surface area contributed by atoms with Crippen molar-refractivity contribution < 1.29 is 26.1 Å². The van der Waals surface area contributed by atoms with Gasteiger partial charge in [0.05, 0.1) is 10.9 Å². The van der Waals surface area contributed by atoms with E-state index in [9.17, 15) is 13.2 Å². The predicted molar refractivity (Wildman–Crippen MR) is 182 cm³/mol. The summed E-state index contributed by atoms with van der Waals surface area (Å²) in [6.45, 7) is 13.8. The van der Waals surface area contributed by atoms with Crippen LogP contribution < -0.4 is 16.4 Å². The fourth-order valence-electron chi connectivity index (χ4n) is 6.33. The molecule has 1 unspecified atom stereocenters. The van der Waals surface area contributed by atoms with Crippen LogP contribution in [0.2, 0.25) is 0 Å². The Morgan fingerprint density at radius 3 is 1.51 bits per heavy atom. The minimum atomic E-state index is -6.09. The molecule has 5 aromatic carbocycles. The monoisotopic (exact) mass is 648 g/mol. The summed E-state index contributed by atoms with van der Waals surface area (Å²) in [6.07, 6.45) is 2.38. The van der Waals surface area contributed by atoms with Crippen LogP contribution in [-0.4, -0.2) is 31.4 Å². The van der Waals surface area contributed by atoms with Crippen molar-refractivity contribution in [2.45, 2.75) is 56.8 Å². The maximum absolute atomic E-state index is 10.7. The Bertz CT molecular complexity index is 1850. The molecule has 5 rings (SSSR count). The molecule has 5 aromatic rings. The second-order valence-electron chi connectivity index (χ2n) is 11.5. The van der Waals surface area contributed by atoms with E-state index in [2.05, 4.69) is 139 Å². The molecule has 9 heteroatoms. The largest absolute Gasteiger partial charge is 0.741 e. The van der Waals surface area contributed by atoms with Crippen molar-refractivity contribution >= 4 is 54.9 Å². The first-order valence-electron chi connectivity index (χ1n) is 14.4. The summed E-state index contributed by atoms with van der Waals surface area (Å²) in [4.78, 5) is 2.81. The van der Waals surface area contributed by atoms with Crippen molar-refractivity contribution in [2.24, 2.45) is 0 Å². The van der Waals surface area contributed by atoms with Gasteiger partial charge in [-0.1, -0.05) is 123 Å². The first-order chi connectivity index (χ1) is 21.0. The molecule has 3 nitrogen and oxygen atoms in total. The van der Waals surface area contributed by atoms with E-state index in [1.165, 1.54) is 70.3 Å². The molecular formula is C36H36BF3O3S2. The van der Waals surface area contributed by atoms with E-state index in [0.717, 1.165) is 0 Å². The summed E-state index contributed by atoms with van der Waals surface area (Å²) in [5, 5.41) is 2.73. The van der Waals surface area contributed by atoms with Crippen LogP contribution in [0.5, 0.6) is 0 Å². The maximum atomic E-state index is 10.7. The third kappa shape index (κ3) is 7.48. The van der Waals surface area contributed by atoms with Crippen molar-refractivity contribution in [1.29, 1.82) is 0 Å². The molecule has 0 aliphatic rings. The van der Waals surface area contributed by atoms with E-state index in [4.69, 9.17) is 13.0 Å². The number of hydrogen-bond donors (Lipinski definition) is 0. The molecule has 0 amide bonds. The minimum absolute atomic E-state index is 0.0397. The van der Waals surface area contributed by atoms with E-state index in [-0.39, 0.29) is 17.6 Å². The zero-order valence-corrected chi connectivity index (χ0v) is 28.0. The van der Waals surface area contributed by atoms with Crippen LogP contribution >= 0.6 is 0 Å². The van der Waals surface area contributed by atoms with E-state index in [1.807, 2.05) is 0 Å². The lowest BCUT2D eigenvalue weighted by Crippen LogP contribution is -2.56. The average molecular weight is 649 g/mol. The Morgan fingerprint density at radius 2 is 1.09 bits per heavy atom. The van der Waals surface area contributed by atoms with E-state index < -0.39 is 15.6 Å². The number of benzene rings is 5. The Hall–Kier alpha value is -3.53. The van der Waals surface area contributed by atoms with Gasteiger partial charge in [-0.3, -0.25) is 0 Å². The van der Waals surface area contributed by atoms with Crippen molar-refractivity contribution in [1.82, 2.24) is 0 Å². The number of hydrogen-bond acceptors (Lipinski definition) is 3. The second kappa shape index (κ2) is 13.5. The lowest BCUT2D eigenvalue weighted by atomic mass is 9.33. The topological polar surface area (TPSA) is 57.2 Å². The molecule has 0 aliphatic heterocycles. The molecule has 0 N–H and O–H groups in total. The SMILES string of the molecule is Cc1cc(C)c(B(c2c(C)cc(C)cc2C)c2cccc3cccc([S+](C)c4ccccc4)c23)c(C)c1.O=S(=O)([O-])C(F)(F)F. The van der Waals surface area contributed by atoms with Gasteiger partial charge in [0.2, 0.25) is 6.71 Å². The fraction of sp³-hybridized carbons (Fsp3) is 0.222. The molecule has 0 aliphatic carbocycles. The van der Waals surface area contributed by atoms with Gasteiger partial charge >= 0.3 is 5.51 Å². The highest BCUT2D eigenvalue weighted by molar-refractivity contribution is 7.96. The van der Waals surface area contributed by atoms with Crippen LogP contribution in [0.4, 0.5) is 13.2 Å². The Kier molecular flexibility index (Phi) is 10.3. The summed E-state index contributed by atoms with van der Waals surface area (Å²) in [7, 11) is -6.13. The van der Waals surface area contributed by atoms with Crippen LogP contribution in [0.15, 0.2) is 101 Å². The molecule has 0 fully saturated rings. The fourth-order valence-corrected chi connectivity index (χ4v) is 7.97. The zero-order valence-electron chi connectivity index (χ0n) is 26.4. The van der Waals surface area contributed by atoms with Crippen molar-refractivity contribution in [3.05, 3.63) is 124 Å². The van der Waals surface area contributed by atoms with E-state index >= 15 is 0 Å². The van der Waals surface area contributed by atoms with Gasteiger partial charge in [-0.2, -0.15) is 13.2 Å². The molecule has 0 radical (unpaired) electrons. The van der Waals surface area contributed by atoms with Crippen LogP contribution in [0.3, 0.4) is 0 Å². The number of aryl methyl sites for hydroxylation is 6. The highest BCUT2D eigenvalue weighted by Gasteiger charge is 2.37. The van der Waals surface area contributed by atoms with Gasteiger partial charge in [0.25, 0.3) is 0 Å². The molecule has 0 aromatic heterocycles.